The summed E-state index contributed by atoms with van der Waals surface area (Å²) in [6.07, 6.45) is -0.137. The fourth-order valence-electron chi connectivity index (χ4n) is 4.33. The van der Waals surface area contributed by atoms with Crippen molar-refractivity contribution >= 4 is 28.5 Å². The van der Waals surface area contributed by atoms with Gasteiger partial charge in [-0.25, -0.2) is 9.07 Å². The van der Waals surface area contributed by atoms with Crippen LogP contribution in [-0.4, -0.2) is 38.8 Å². The van der Waals surface area contributed by atoms with Gasteiger partial charge in [-0.05, 0) is 48.0 Å². The van der Waals surface area contributed by atoms with E-state index in [2.05, 4.69) is 15.6 Å². The number of rotatable bonds is 5. The number of halogens is 3. The minimum atomic E-state index is -3.57. The van der Waals surface area contributed by atoms with Gasteiger partial charge in [-0.2, -0.15) is 8.78 Å². The highest BCUT2D eigenvalue weighted by Crippen LogP contribution is 2.38. The first-order valence-corrected chi connectivity index (χ1v) is 10.9. The van der Waals surface area contributed by atoms with Crippen LogP contribution in [0.3, 0.4) is 0 Å². The molecule has 0 aliphatic carbocycles. The highest BCUT2D eigenvalue weighted by atomic mass is 19.3. The van der Waals surface area contributed by atoms with Gasteiger partial charge in [0.15, 0.2) is 0 Å². The van der Waals surface area contributed by atoms with Gasteiger partial charge in [0.2, 0.25) is 5.91 Å². The quantitative estimate of drug-likeness (QED) is 0.466. The Morgan fingerprint density at radius 2 is 1.71 bits per heavy atom. The number of hydrogen-bond acceptors (Lipinski definition) is 4. The van der Waals surface area contributed by atoms with Gasteiger partial charge in [-0.15, -0.1) is 5.10 Å². The Kier molecular flexibility index (Phi) is 5.50. The SMILES string of the molecule is CC(F)(F)C(=O)NC1CC(=O)N(c2ccc3c(c2)nnn3-c2ccc(F)cc2)C1c1ccccc1. The molecule has 3 aromatic carbocycles. The molecular formula is C25H20F3N5O2. The van der Waals surface area contributed by atoms with Gasteiger partial charge in [0.05, 0.1) is 23.3 Å². The van der Waals surface area contributed by atoms with E-state index >= 15 is 0 Å². The van der Waals surface area contributed by atoms with Crippen LogP contribution >= 0.6 is 0 Å². The van der Waals surface area contributed by atoms with Gasteiger partial charge in [0, 0.05) is 19.0 Å². The third-order valence-electron chi connectivity index (χ3n) is 5.96. The molecule has 2 atom stereocenters. The van der Waals surface area contributed by atoms with E-state index in [0.29, 0.717) is 34.9 Å². The van der Waals surface area contributed by atoms with Gasteiger partial charge < -0.3 is 10.2 Å². The second kappa shape index (κ2) is 8.53. The number of nitrogens with one attached hydrogen (secondary N) is 1. The summed E-state index contributed by atoms with van der Waals surface area (Å²) in [6.45, 7) is 0.521. The number of fused-ring (bicyclic) bond motifs is 1. The van der Waals surface area contributed by atoms with E-state index in [1.165, 1.54) is 17.0 Å². The number of alkyl halides is 2. The minimum absolute atomic E-state index is 0.137. The van der Waals surface area contributed by atoms with Crippen LogP contribution in [0.4, 0.5) is 18.9 Å². The van der Waals surface area contributed by atoms with E-state index in [-0.39, 0.29) is 18.1 Å². The highest BCUT2D eigenvalue weighted by Gasteiger charge is 2.45. The van der Waals surface area contributed by atoms with Crippen molar-refractivity contribution in [2.24, 2.45) is 0 Å². The van der Waals surface area contributed by atoms with E-state index in [1.807, 2.05) is 0 Å². The van der Waals surface area contributed by atoms with E-state index < -0.39 is 23.9 Å². The zero-order valence-corrected chi connectivity index (χ0v) is 18.5. The summed E-state index contributed by atoms with van der Waals surface area (Å²) < 4.78 is 42.1. The molecule has 1 aromatic heterocycles. The van der Waals surface area contributed by atoms with Crippen molar-refractivity contribution in [2.75, 3.05) is 4.90 Å². The van der Waals surface area contributed by atoms with Gasteiger partial charge in [-0.3, -0.25) is 9.59 Å². The van der Waals surface area contributed by atoms with Crippen LogP contribution < -0.4 is 10.2 Å². The number of anilines is 1. The predicted octanol–water partition coefficient (Wildman–Crippen LogP) is 4.18. The summed E-state index contributed by atoms with van der Waals surface area (Å²) in [6, 6.07) is 18.3. The lowest BCUT2D eigenvalue weighted by Crippen LogP contribution is -2.46. The fraction of sp³-hybridized carbons (Fsp3) is 0.200. The molecule has 1 aliphatic heterocycles. The molecule has 178 valence electrons. The van der Waals surface area contributed by atoms with E-state index in [4.69, 9.17) is 0 Å². The van der Waals surface area contributed by atoms with Crippen LogP contribution in [0, 0.1) is 5.82 Å². The third-order valence-corrected chi connectivity index (χ3v) is 5.96. The zero-order valence-electron chi connectivity index (χ0n) is 18.5. The molecule has 7 nitrogen and oxygen atoms in total. The predicted molar refractivity (Wildman–Crippen MR) is 123 cm³/mol. The average molecular weight is 479 g/mol. The molecule has 10 heteroatoms. The van der Waals surface area contributed by atoms with Crippen molar-refractivity contribution in [3.63, 3.8) is 0 Å². The highest BCUT2D eigenvalue weighted by molar-refractivity contribution is 5.99. The Morgan fingerprint density at radius 1 is 1.03 bits per heavy atom. The number of hydrogen-bond donors (Lipinski definition) is 1. The molecule has 5 rings (SSSR count). The van der Waals surface area contributed by atoms with Crippen LogP contribution in [-0.2, 0) is 9.59 Å². The maximum Gasteiger partial charge on any atom is 0.321 e. The number of benzene rings is 3. The lowest BCUT2D eigenvalue weighted by molar-refractivity contribution is -0.143. The molecule has 1 saturated heterocycles. The monoisotopic (exact) mass is 479 g/mol. The Morgan fingerprint density at radius 3 is 2.40 bits per heavy atom. The lowest BCUT2D eigenvalue weighted by Gasteiger charge is -2.29. The molecule has 1 fully saturated rings. The lowest BCUT2D eigenvalue weighted by atomic mass is 9.99. The molecule has 35 heavy (non-hydrogen) atoms. The number of nitrogens with zero attached hydrogens (tertiary/aromatic N) is 4. The van der Waals surface area contributed by atoms with E-state index in [9.17, 15) is 22.8 Å². The molecule has 1 aliphatic rings. The van der Waals surface area contributed by atoms with Crippen LogP contribution in [0.1, 0.15) is 24.9 Å². The number of carbonyl (C=O) groups excluding carboxylic acids is 2. The molecule has 2 heterocycles. The van der Waals surface area contributed by atoms with Crippen molar-refractivity contribution in [1.29, 1.82) is 0 Å². The van der Waals surface area contributed by atoms with Crippen LogP contribution in [0.15, 0.2) is 72.8 Å². The Hall–Kier alpha value is -4.21. The molecule has 1 N–H and O–H groups in total. The summed E-state index contributed by atoms with van der Waals surface area (Å²) in [5.41, 5.74) is 2.92. The second-order valence-electron chi connectivity index (χ2n) is 8.44. The van der Waals surface area contributed by atoms with Crippen molar-refractivity contribution in [2.45, 2.75) is 31.4 Å². The van der Waals surface area contributed by atoms with Crippen LogP contribution in [0.5, 0.6) is 0 Å². The first-order chi connectivity index (χ1) is 16.7. The number of aromatic nitrogens is 3. The summed E-state index contributed by atoms with van der Waals surface area (Å²) >= 11 is 0. The van der Waals surface area contributed by atoms with Gasteiger partial charge in [0.25, 0.3) is 5.91 Å². The molecular weight excluding hydrogens is 459 g/mol. The first kappa shape index (κ1) is 22.6. The van der Waals surface area contributed by atoms with Gasteiger partial charge >= 0.3 is 5.92 Å². The minimum Gasteiger partial charge on any atom is -0.345 e. The maximum atomic E-state index is 13.6. The normalized spacial score (nSPS) is 18.3. The molecule has 2 unspecified atom stereocenters. The Bertz CT molecular complexity index is 1400. The molecule has 4 aromatic rings. The summed E-state index contributed by atoms with van der Waals surface area (Å²) in [7, 11) is 0. The molecule has 0 saturated carbocycles. The van der Waals surface area contributed by atoms with Crippen LogP contribution in [0.25, 0.3) is 16.7 Å². The molecule has 0 spiro atoms. The van der Waals surface area contributed by atoms with Crippen molar-refractivity contribution in [3.8, 4) is 5.69 Å². The summed E-state index contributed by atoms with van der Waals surface area (Å²) in [5.74, 6) is -5.71. The summed E-state index contributed by atoms with van der Waals surface area (Å²) in [5, 5.41) is 10.7. The smallest absolute Gasteiger partial charge is 0.321 e. The number of carbonyl (C=O) groups is 2. The fourth-order valence-corrected chi connectivity index (χ4v) is 4.33. The standard InChI is InChI=1S/C25H20F3N5O2/c1-25(27,28)24(35)29-20-14-22(34)32(23(20)15-5-3-2-4-6-15)18-11-12-21-19(13-18)30-31-33(21)17-9-7-16(26)8-10-17/h2-13,20,23H,14H2,1H3,(H,29,35). The van der Waals surface area contributed by atoms with Gasteiger partial charge in [-0.1, -0.05) is 35.5 Å². The third kappa shape index (κ3) is 4.23. The van der Waals surface area contributed by atoms with Gasteiger partial charge in [0.1, 0.15) is 11.3 Å². The number of amides is 2. The van der Waals surface area contributed by atoms with E-state index in [0.717, 1.165) is 0 Å². The summed E-state index contributed by atoms with van der Waals surface area (Å²) in [4.78, 5) is 26.6. The van der Waals surface area contributed by atoms with E-state index in [1.54, 1.807) is 65.3 Å². The first-order valence-electron chi connectivity index (χ1n) is 10.9. The largest absolute Gasteiger partial charge is 0.345 e. The Balaban J connectivity index is 1.53. The second-order valence-corrected chi connectivity index (χ2v) is 8.44. The Labute approximate surface area is 198 Å². The van der Waals surface area contributed by atoms with Crippen molar-refractivity contribution < 1.29 is 22.8 Å². The average Bonchev–Trinajstić information content (AvgIpc) is 3.39. The van der Waals surface area contributed by atoms with Crippen LogP contribution in [0.2, 0.25) is 0 Å². The van der Waals surface area contributed by atoms with Crippen molar-refractivity contribution in [3.05, 3.63) is 84.2 Å². The maximum absolute atomic E-state index is 13.6. The molecule has 2 amide bonds. The molecule has 0 bridgehead atoms. The topological polar surface area (TPSA) is 80.1 Å². The zero-order chi connectivity index (χ0) is 24.7. The molecule has 0 radical (unpaired) electrons. The van der Waals surface area contributed by atoms with Crippen molar-refractivity contribution in [1.82, 2.24) is 20.3 Å².